The molecule has 1 aliphatic carbocycles. The molecule has 2 fully saturated rings. The van der Waals surface area contributed by atoms with Gasteiger partial charge in [-0.2, -0.15) is 13.2 Å². The number of hydrogen-bond acceptors (Lipinski definition) is 2. The molecule has 0 spiro atoms. The summed E-state index contributed by atoms with van der Waals surface area (Å²) >= 11 is 0. The number of ether oxygens (including phenoxy) is 1. The first-order valence-corrected chi connectivity index (χ1v) is 5.71. The van der Waals surface area contributed by atoms with Crippen LogP contribution in [0, 0.1) is 23.7 Å². The van der Waals surface area contributed by atoms with E-state index in [1.54, 1.807) is 0 Å². The van der Waals surface area contributed by atoms with E-state index in [9.17, 15) is 18.0 Å². The van der Waals surface area contributed by atoms with Crippen molar-refractivity contribution in [3.63, 3.8) is 0 Å². The van der Waals surface area contributed by atoms with Crippen LogP contribution in [0.1, 0.15) is 19.8 Å². The van der Waals surface area contributed by atoms with Gasteiger partial charge < -0.3 is 9.84 Å². The number of carboxylic acids is 1. The van der Waals surface area contributed by atoms with E-state index in [4.69, 9.17) is 9.84 Å². The highest BCUT2D eigenvalue weighted by atomic mass is 19.4. The molecule has 0 unspecified atom stereocenters. The quantitative estimate of drug-likeness (QED) is 0.779. The summed E-state index contributed by atoms with van der Waals surface area (Å²) in [6, 6.07) is 0. The second-order valence-corrected chi connectivity index (χ2v) is 5.08. The van der Waals surface area contributed by atoms with E-state index in [1.807, 2.05) is 6.92 Å². The monoisotopic (exact) mass is 252 g/mol. The van der Waals surface area contributed by atoms with Crippen LogP contribution >= 0.6 is 0 Å². The summed E-state index contributed by atoms with van der Waals surface area (Å²) in [5, 5.41) is 9.06. The van der Waals surface area contributed by atoms with Crippen LogP contribution in [0.3, 0.4) is 0 Å². The van der Waals surface area contributed by atoms with Crippen LogP contribution in [-0.2, 0) is 9.53 Å². The van der Waals surface area contributed by atoms with Gasteiger partial charge >= 0.3 is 12.1 Å². The summed E-state index contributed by atoms with van der Waals surface area (Å²) in [5.41, 5.74) is 0. The van der Waals surface area contributed by atoms with Crippen LogP contribution in [0.5, 0.6) is 0 Å². The first kappa shape index (κ1) is 12.7. The Balaban J connectivity index is 2.20. The lowest BCUT2D eigenvalue weighted by Gasteiger charge is -2.37. The van der Waals surface area contributed by atoms with E-state index in [2.05, 4.69) is 0 Å². The van der Waals surface area contributed by atoms with E-state index < -0.39 is 30.1 Å². The molecule has 98 valence electrons. The van der Waals surface area contributed by atoms with Gasteiger partial charge in [0.25, 0.3) is 0 Å². The summed E-state index contributed by atoms with van der Waals surface area (Å²) in [6.07, 6.45) is -5.28. The maximum atomic E-state index is 12.7. The Morgan fingerprint density at radius 2 is 2.00 bits per heavy atom. The number of aliphatic carboxylic acids is 1. The van der Waals surface area contributed by atoms with Crippen molar-refractivity contribution in [1.29, 1.82) is 0 Å². The van der Waals surface area contributed by atoms with Crippen molar-refractivity contribution >= 4 is 5.97 Å². The number of hydrogen-bond donors (Lipinski definition) is 1. The zero-order valence-electron chi connectivity index (χ0n) is 9.41. The van der Waals surface area contributed by atoms with Crippen molar-refractivity contribution in [2.45, 2.75) is 32.0 Å². The van der Waals surface area contributed by atoms with Crippen molar-refractivity contribution in [1.82, 2.24) is 0 Å². The molecule has 1 heterocycles. The zero-order valence-corrected chi connectivity index (χ0v) is 9.41. The minimum absolute atomic E-state index is 0.0234. The Morgan fingerprint density at radius 3 is 2.53 bits per heavy atom. The summed E-state index contributed by atoms with van der Waals surface area (Å²) in [6.45, 7) is 2.21. The summed E-state index contributed by atoms with van der Waals surface area (Å²) < 4.78 is 43.4. The van der Waals surface area contributed by atoms with Crippen molar-refractivity contribution < 1.29 is 27.8 Å². The van der Waals surface area contributed by atoms with Crippen LogP contribution in [0.15, 0.2) is 0 Å². The minimum Gasteiger partial charge on any atom is -0.481 e. The first-order chi connectivity index (χ1) is 7.80. The third-order valence-electron chi connectivity index (χ3n) is 3.96. The van der Waals surface area contributed by atoms with Crippen LogP contribution in [0.25, 0.3) is 0 Å². The Labute approximate surface area is 96.9 Å². The van der Waals surface area contributed by atoms with Gasteiger partial charge in [0.05, 0.1) is 17.9 Å². The lowest BCUT2D eigenvalue weighted by molar-refractivity contribution is -0.201. The van der Waals surface area contributed by atoms with E-state index in [0.717, 1.165) is 0 Å². The molecule has 0 aromatic carbocycles. The summed E-state index contributed by atoms with van der Waals surface area (Å²) in [7, 11) is 0. The average molecular weight is 252 g/mol. The molecular formula is C11H15F3O3. The van der Waals surface area contributed by atoms with Gasteiger partial charge in [-0.05, 0) is 18.8 Å². The molecule has 6 heteroatoms. The number of alkyl halides is 3. The molecule has 1 saturated carbocycles. The molecule has 1 saturated heterocycles. The zero-order chi connectivity index (χ0) is 12.8. The maximum Gasteiger partial charge on any atom is 0.391 e. The van der Waals surface area contributed by atoms with Gasteiger partial charge in [-0.3, -0.25) is 4.79 Å². The predicted molar refractivity (Wildman–Crippen MR) is 52.3 cm³/mol. The third kappa shape index (κ3) is 2.27. The van der Waals surface area contributed by atoms with Crippen LogP contribution in [0.2, 0.25) is 0 Å². The molecule has 5 atom stereocenters. The molecule has 1 aliphatic heterocycles. The second-order valence-electron chi connectivity index (χ2n) is 5.08. The highest BCUT2D eigenvalue weighted by Crippen LogP contribution is 2.48. The van der Waals surface area contributed by atoms with E-state index in [-0.39, 0.29) is 24.7 Å². The number of fused-ring (bicyclic) bond motifs is 1. The smallest absolute Gasteiger partial charge is 0.391 e. The highest BCUT2D eigenvalue weighted by molar-refractivity contribution is 5.70. The third-order valence-corrected chi connectivity index (χ3v) is 3.96. The van der Waals surface area contributed by atoms with Gasteiger partial charge in [0, 0.05) is 12.5 Å². The van der Waals surface area contributed by atoms with Gasteiger partial charge in [0.1, 0.15) is 0 Å². The fraction of sp³-hybridized carbons (Fsp3) is 0.909. The van der Waals surface area contributed by atoms with Gasteiger partial charge in [-0.25, -0.2) is 0 Å². The Hall–Kier alpha value is -0.780. The molecule has 1 N–H and O–H groups in total. The van der Waals surface area contributed by atoms with Gasteiger partial charge in [-0.15, -0.1) is 0 Å². The molecular weight excluding hydrogens is 237 g/mol. The second kappa shape index (κ2) is 4.15. The predicted octanol–water partition coefficient (Wildman–Crippen LogP) is 2.31. The number of halogens is 3. The summed E-state index contributed by atoms with van der Waals surface area (Å²) in [4.78, 5) is 11.1. The van der Waals surface area contributed by atoms with Gasteiger partial charge in [0.15, 0.2) is 0 Å². The Morgan fingerprint density at radius 1 is 1.35 bits per heavy atom. The Kier molecular flexibility index (Phi) is 3.10. The molecule has 2 rings (SSSR count). The van der Waals surface area contributed by atoms with Crippen molar-refractivity contribution in [2.75, 3.05) is 6.61 Å². The van der Waals surface area contributed by atoms with E-state index in [0.29, 0.717) is 6.61 Å². The molecule has 2 aliphatic rings. The molecule has 3 nitrogen and oxygen atoms in total. The molecule has 17 heavy (non-hydrogen) atoms. The standard InChI is InChI=1S/C11H15F3O3/c1-5-4-17-8-3-6(11(12,13)14)2-7(9(5)8)10(15)16/h5-9H,2-4H2,1H3,(H,15,16)/t5-,6-,7-,8-,9+/m1/s1. The normalized spacial score (nSPS) is 42.2. The van der Waals surface area contributed by atoms with Crippen molar-refractivity contribution in [3.05, 3.63) is 0 Å². The van der Waals surface area contributed by atoms with Crippen LogP contribution in [0.4, 0.5) is 13.2 Å². The topological polar surface area (TPSA) is 46.5 Å². The molecule has 0 aromatic rings. The summed E-state index contributed by atoms with van der Waals surface area (Å²) in [5.74, 6) is -3.86. The fourth-order valence-electron chi connectivity index (χ4n) is 3.12. The highest BCUT2D eigenvalue weighted by Gasteiger charge is 2.54. The molecule has 0 bridgehead atoms. The maximum absolute atomic E-state index is 12.7. The van der Waals surface area contributed by atoms with Crippen LogP contribution < -0.4 is 0 Å². The van der Waals surface area contributed by atoms with E-state index in [1.165, 1.54) is 0 Å². The molecule has 0 radical (unpaired) electrons. The average Bonchev–Trinajstić information content (AvgIpc) is 2.58. The molecule has 0 amide bonds. The first-order valence-electron chi connectivity index (χ1n) is 5.71. The number of rotatable bonds is 1. The number of carboxylic acid groups (broad SMARTS) is 1. The fourth-order valence-corrected chi connectivity index (χ4v) is 3.12. The van der Waals surface area contributed by atoms with Crippen LogP contribution in [-0.4, -0.2) is 30.0 Å². The SMILES string of the molecule is C[C@@H]1CO[C@@H]2C[C@H](C(F)(F)F)C[C@@H](C(=O)O)[C@H]12. The lowest BCUT2D eigenvalue weighted by atomic mass is 9.69. The Bertz CT molecular complexity index is 316. The number of carbonyl (C=O) groups is 1. The van der Waals surface area contributed by atoms with Gasteiger partial charge in [-0.1, -0.05) is 6.92 Å². The van der Waals surface area contributed by atoms with Crippen molar-refractivity contribution in [3.8, 4) is 0 Å². The molecule has 0 aromatic heterocycles. The van der Waals surface area contributed by atoms with Crippen molar-refractivity contribution in [2.24, 2.45) is 23.7 Å². The van der Waals surface area contributed by atoms with Gasteiger partial charge in [0.2, 0.25) is 0 Å². The van der Waals surface area contributed by atoms with E-state index >= 15 is 0 Å². The largest absolute Gasteiger partial charge is 0.481 e. The minimum atomic E-state index is -4.33. The lowest BCUT2D eigenvalue weighted by Crippen LogP contribution is -2.44.